The van der Waals surface area contributed by atoms with E-state index in [1.807, 2.05) is 6.92 Å². The van der Waals surface area contributed by atoms with E-state index < -0.39 is 15.9 Å². The second kappa shape index (κ2) is 4.76. The lowest BCUT2D eigenvalue weighted by atomic mass is 10.1. The monoisotopic (exact) mass is 247 g/mol. The molecule has 0 saturated carbocycles. The van der Waals surface area contributed by atoms with E-state index in [0.717, 1.165) is 11.3 Å². The topological polar surface area (TPSA) is 63.2 Å². The van der Waals surface area contributed by atoms with E-state index >= 15 is 0 Å². The molecule has 1 N–H and O–H groups in total. The van der Waals surface area contributed by atoms with Crippen LogP contribution in [0.25, 0.3) is 0 Å². The molecule has 0 aliphatic heterocycles. The van der Waals surface area contributed by atoms with E-state index in [-0.39, 0.29) is 10.1 Å². The summed E-state index contributed by atoms with van der Waals surface area (Å²) >= 11 is 1.09. The number of rotatable bonds is 4. The molecular formula is C9H13NO3S2. The Morgan fingerprint density at radius 1 is 1.60 bits per heavy atom. The van der Waals surface area contributed by atoms with Crippen LogP contribution in [0.2, 0.25) is 0 Å². The normalized spacial score (nSPS) is 13.5. The predicted molar refractivity (Wildman–Crippen MR) is 59.1 cm³/mol. The van der Waals surface area contributed by atoms with Gasteiger partial charge in [-0.2, -0.15) is 0 Å². The minimum Gasteiger partial charge on any atom is -0.274 e. The molecule has 6 heteroatoms. The molecule has 0 aliphatic carbocycles. The van der Waals surface area contributed by atoms with Crippen molar-refractivity contribution in [2.24, 2.45) is 5.92 Å². The summed E-state index contributed by atoms with van der Waals surface area (Å²) in [5, 5.41) is 1.66. The Morgan fingerprint density at radius 3 is 2.73 bits per heavy atom. The van der Waals surface area contributed by atoms with Crippen LogP contribution in [-0.4, -0.2) is 14.3 Å². The van der Waals surface area contributed by atoms with Gasteiger partial charge in [-0.3, -0.25) is 4.79 Å². The van der Waals surface area contributed by atoms with Gasteiger partial charge in [0.05, 0.1) is 0 Å². The largest absolute Gasteiger partial charge is 0.274 e. The Hall–Kier alpha value is -0.880. The second-order valence-electron chi connectivity index (χ2n) is 3.21. The lowest BCUT2D eigenvalue weighted by Gasteiger charge is -2.09. The van der Waals surface area contributed by atoms with Crippen LogP contribution >= 0.6 is 11.3 Å². The Balaban J connectivity index is 2.79. The molecule has 1 rings (SSSR count). The Kier molecular flexibility index (Phi) is 3.87. The fourth-order valence-corrected chi connectivity index (χ4v) is 2.96. The third kappa shape index (κ3) is 3.04. The van der Waals surface area contributed by atoms with E-state index in [9.17, 15) is 13.2 Å². The number of carbonyl (C=O) groups is 1. The van der Waals surface area contributed by atoms with Crippen LogP contribution in [0.15, 0.2) is 21.7 Å². The van der Waals surface area contributed by atoms with Crippen LogP contribution in [-0.2, 0) is 14.8 Å². The van der Waals surface area contributed by atoms with Crippen molar-refractivity contribution in [3.63, 3.8) is 0 Å². The standard InChI is InChI=1S/C9H13NO3S2/c1-3-7(2)9(11)10-15(12,13)8-5-4-6-14-8/h4-7H,3H2,1-2H3,(H,10,11). The van der Waals surface area contributed by atoms with Gasteiger partial charge in [0.15, 0.2) is 0 Å². The molecule has 0 bridgehead atoms. The van der Waals surface area contributed by atoms with Gasteiger partial charge in [0.25, 0.3) is 10.0 Å². The Bertz CT molecular complexity index is 422. The smallest absolute Gasteiger partial charge is 0.273 e. The summed E-state index contributed by atoms with van der Waals surface area (Å²) in [4.78, 5) is 11.4. The van der Waals surface area contributed by atoms with Crippen LogP contribution in [0.4, 0.5) is 0 Å². The van der Waals surface area contributed by atoms with Crippen molar-refractivity contribution >= 4 is 27.3 Å². The highest BCUT2D eigenvalue weighted by Gasteiger charge is 2.21. The van der Waals surface area contributed by atoms with Gasteiger partial charge < -0.3 is 0 Å². The number of hydrogen-bond acceptors (Lipinski definition) is 4. The van der Waals surface area contributed by atoms with E-state index in [2.05, 4.69) is 4.72 Å². The summed E-state index contributed by atoms with van der Waals surface area (Å²) in [7, 11) is -3.65. The third-order valence-electron chi connectivity index (χ3n) is 2.05. The maximum atomic E-state index is 11.6. The lowest BCUT2D eigenvalue weighted by molar-refractivity contribution is -0.122. The average Bonchev–Trinajstić information content (AvgIpc) is 2.69. The molecule has 0 spiro atoms. The summed E-state index contributed by atoms with van der Waals surface area (Å²) in [6.07, 6.45) is 0.617. The Labute approximate surface area is 93.4 Å². The molecule has 15 heavy (non-hydrogen) atoms. The molecular weight excluding hydrogens is 234 g/mol. The number of carbonyl (C=O) groups excluding carboxylic acids is 1. The van der Waals surface area contributed by atoms with Gasteiger partial charge in [0, 0.05) is 5.92 Å². The second-order valence-corrected chi connectivity index (χ2v) is 6.07. The highest BCUT2D eigenvalue weighted by Crippen LogP contribution is 2.15. The third-order valence-corrected chi connectivity index (χ3v) is 4.80. The lowest BCUT2D eigenvalue weighted by Crippen LogP contribution is -2.34. The summed E-state index contributed by atoms with van der Waals surface area (Å²) in [6.45, 7) is 3.53. The first kappa shape index (κ1) is 12.2. The number of hydrogen-bond donors (Lipinski definition) is 1. The van der Waals surface area contributed by atoms with Gasteiger partial charge in [0.1, 0.15) is 4.21 Å². The van der Waals surface area contributed by atoms with Crippen LogP contribution in [0.1, 0.15) is 20.3 Å². The highest BCUT2D eigenvalue weighted by molar-refractivity contribution is 7.92. The molecule has 1 aromatic rings. The minimum atomic E-state index is -3.65. The van der Waals surface area contributed by atoms with Gasteiger partial charge in [-0.25, -0.2) is 13.1 Å². The van der Waals surface area contributed by atoms with Gasteiger partial charge >= 0.3 is 0 Å². The van der Waals surface area contributed by atoms with E-state index in [4.69, 9.17) is 0 Å². The molecule has 0 fully saturated rings. The Morgan fingerprint density at radius 2 is 2.27 bits per heavy atom. The molecule has 1 amide bonds. The number of nitrogens with one attached hydrogen (secondary N) is 1. The van der Waals surface area contributed by atoms with Gasteiger partial charge in [-0.05, 0) is 17.9 Å². The first-order valence-electron chi connectivity index (χ1n) is 4.57. The molecule has 0 aliphatic rings. The van der Waals surface area contributed by atoms with Crippen LogP contribution < -0.4 is 4.72 Å². The quantitative estimate of drug-likeness (QED) is 0.879. The maximum Gasteiger partial charge on any atom is 0.273 e. The van der Waals surface area contributed by atoms with Crippen LogP contribution in [0.5, 0.6) is 0 Å². The fraction of sp³-hybridized carbons (Fsp3) is 0.444. The van der Waals surface area contributed by atoms with Crippen molar-refractivity contribution in [2.45, 2.75) is 24.5 Å². The zero-order valence-electron chi connectivity index (χ0n) is 8.56. The summed E-state index contributed by atoms with van der Waals surface area (Å²) in [5.74, 6) is -0.745. The summed E-state index contributed by atoms with van der Waals surface area (Å²) < 4.78 is 25.4. The van der Waals surface area contributed by atoms with E-state index in [0.29, 0.717) is 6.42 Å². The molecule has 1 atom stereocenters. The predicted octanol–water partition coefficient (Wildman–Crippen LogP) is 1.60. The molecule has 4 nitrogen and oxygen atoms in total. The van der Waals surface area contributed by atoms with Gasteiger partial charge in [-0.1, -0.05) is 19.9 Å². The van der Waals surface area contributed by atoms with Crippen molar-refractivity contribution in [3.8, 4) is 0 Å². The van der Waals surface area contributed by atoms with Crippen molar-refractivity contribution < 1.29 is 13.2 Å². The molecule has 0 radical (unpaired) electrons. The highest BCUT2D eigenvalue weighted by atomic mass is 32.2. The number of amides is 1. The van der Waals surface area contributed by atoms with Crippen molar-refractivity contribution in [1.29, 1.82) is 0 Å². The fourth-order valence-electron chi connectivity index (χ4n) is 0.885. The molecule has 1 unspecified atom stereocenters. The van der Waals surface area contributed by atoms with Crippen molar-refractivity contribution in [3.05, 3.63) is 17.5 Å². The average molecular weight is 247 g/mol. The first-order chi connectivity index (χ1) is 6.97. The van der Waals surface area contributed by atoms with E-state index in [1.165, 1.54) is 6.07 Å². The summed E-state index contributed by atoms with van der Waals surface area (Å²) in [5.41, 5.74) is 0. The summed E-state index contributed by atoms with van der Waals surface area (Å²) in [6, 6.07) is 3.10. The number of sulfonamides is 1. The van der Waals surface area contributed by atoms with Crippen LogP contribution in [0.3, 0.4) is 0 Å². The maximum absolute atomic E-state index is 11.6. The molecule has 1 aromatic heterocycles. The molecule has 84 valence electrons. The van der Waals surface area contributed by atoms with Crippen LogP contribution in [0, 0.1) is 5.92 Å². The molecule has 0 saturated heterocycles. The molecule has 1 heterocycles. The SMILES string of the molecule is CCC(C)C(=O)NS(=O)(=O)c1cccs1. The molecule has 0 aromatic carbocycles. The number of thiophene rings is 1. The van der Waals surface area contributed by atoms with Crippen molar-refractivity contribution in [2.75, 3.05) is 0 Å². The van der Waals surface area contributed by atoms with Crippen molar-refractivity contribution in [1.82, 2.24) is 4.72 Å². The minimum absolute atomic E-state index is 0.166. The van der Waals surface area contributed by atoms with Gasteiger partial charge in [0.2, 0.25) is 5.91 Å². The zero-order chi connectivity index (χ0) is 11.5. The van der Waals surface area contributed by atoms with Gasteiger partial charge in [-0.15, -0.1) is 11.3 Å². The zero-order valence-corrected chi connectivity index (χ0v) is 10.2. The first-order valence-corrected chi connectivity index (χ1v) is 6.94. The van der Waals surface area contributed by atoms with E-state index in [1.54, 1.807) is 18.4 Å².